The summed E-state index contributed by atoms with van der Waals surface area (Å²) in [6.45, 7) is 3.74. The number of aromatic nitrogens is 4. The molecule has 36 heavy (non-hydrogen) atoms. The quantitative estimate of drug-likeness (QED) is 0.374. The Morgan fingerprint density at radius 3 is 2.69 bits per heavy atom. The maximum atomic E-state index is 13.4. The van der Waals surface area contributed by atoms with E-state index in [1.165, 1.54) is 12.1 Å². The number of nitrogen functional groups attached to an aromatic ring is 1. The van der Waals surface area contributed by atoms with Gasteiger partial charge in [-0.15, -0.1) is 0 Å². The number of hydrogen-bond donors (Lipinski definition) is 2. The van der Waals surface area contributed by atoms with E-state index in [9.17, 15) is 4.39 Å². The number of rotatable bonds is 4. The first-order valence-electron chi connectivity index (χ1n) is 11.8. The molecule has 0 atom stereocenters. The van der Waals surface area contributed by atoms with Crippen molar-refractivity contribution in [3.05, 3.63) is 95.2 Å². The predicted molar refractivity (Wildman–Crippen MR) is 138 cm³/mol. The van der Waals surface area contributed by atoms with Crippen LogP contribution in [0, 0.1) is 12.7 Å². The monoisotopic (exact) mass is 480 g/mol. The average molecular weight is 481 g/mol. The minimum atomic E-state index is -0.258. The average Bonchev–Trinajstić information content (AvgIpc) is 3.12. The first-order chi connectivity index (χ1) is 17.5. The van der Waals surface area contributed by atoms with Gasteiger partial charge < -0.3 is 20.4 Å². The second-order valence-electron chi connectivity index (χ2n) is 9.03. The van der Waals surface area contributed by atoms with E-state index in [0.717, 1.165) is 56.2 Å². The van der Waals surface area contributed by atoms with E-state index in [4.69, 9.17) is 10.5 Å². The van der Waals surface area contributed by atoms with Crippen LogP contribution in [0.3, 0.4) is 0 Å². The first kappa shape index (κ1) is 22.0. The molecule has 5 aromatic rings. The third-order valence-electron chi connectivity index (χ3n) is 6.44. The Morgan fingerprint density at radius 1 is 1.03 bits per heavy atom. The van der Waals surface area contributed by atoms with E-state index in [2.05, 4.69) is 49.1 Å². The molecule has 3 heterocycles. The molecule has 0 radical (unpaired) electrons. The van der Waals surface area contributed by atoms with Crippen LogP contribution in [0.2, 0.25) is 0 Å². The Balaban J connectivity index is 1.33. The summed E-state index contributed by atoms with van der Waals surface area (Å²) < 4.78 is 19.5. The van der Waals surface area contributed by atoms with Crippen molar-refractivity contribution >= 4 is 22.8 Å². The van der Waals surface area contributed by atoms with Crippen molar-refractivity contribution in [1.82, 2.24) is 19.9 Å². The van der Waals surface area contributed by atoms with Gasteiger partial charge in [-0.05, 0) is 60.0 Å². The third kappa shape index (κ3) is 4.33. The lowest BCUT2D eigenvalue weighted by molar-refractivity contribution is 0.331. The lowest BCUT2D eigenvalue weighted by atomic mass is 10.0. The Hall–Kier alpha value is -4.46. The van der Waals surface area contributed by atoms with Crippen LogP contribution in [0.1, 0.15) is 22.5 Å². The molecule has 1 aliphatic rings. The molecule has 0 unspecified atom stereocenters. The minimum Gasteiger partial charge on any atom is -0.491 e. The molecule has 3 aromatic carbocycles. The molecule has 0 amide bonds. The van der Waals surface area contributed by atoms with Crippen molar-refractivity contribution in [2.75, 3.05) is 23.8 Å². The van der Waals surface area contributed by atoms with Crippen molar-refractivity contribution in [1.29, 1.82) is 0 Å². The van der Waals surface area contributed by atoms with Gasteiger partial charge in [0.05, 0.1) is 17.6 Å². The SMILES string of the molecule is Cc1nc2ccc(-c3ccc4c(c3)CN(c3nc(N)ncc3Cc3ccc(F)cc3)CCO4)cc2[nH]1. The number of ether oxygens (including phenoxy) is 1. The zero-order chi connectivity index (χ0) is 24.6. The number of nitrogens with zero attached hydrogens (tertiary/aromatic N) is 4. The van der Waals surface area contributed by atoms with Crippen molar-refractivity contribution in [2.45, 2.75) is 19.9 Å². The van der Waals surface area contributed by atoms with Crippen LogP contribution in [0.4, 0.5) is 16.2 Å². The van der Waals surface area contributed by atoms with E-state index < -0.39 is 0 Å². The second-order valence-corrected chi connectivity index (χ2v) is 9.03. The molecule has 0 saturated heterocycles. The number of anilines is 2. The van der Waals surface area contributed by atoms with Crippen LogP contribution >= 0.6 is 0 Å². The van der Waals surface area contributed by atoms with E-state index in [1.54, 1.807) is 18.3 Å². The fourth-order valence-corrected chi connectivity index (χ4v) is 4.70. The maximum absolute atomic E-state index is 13.4. The van der Waals surface area contributed by atoms with Gasteiger partial charge in [-0.2, -0.15) is 4.98 Å². The van der Waals surface area contributed by atoms with Gasteiger partial charge in [-0.1, -0.05) is 24.3 Å². The number of nitrogens with one attached hydrogen (secondary N) is 1. The number of H-pyrrole nitrogens is 1. The van der Waals surface area contributed by atoms with Crippen LogP contribution in [-0.2, 0) is 13.0 Å². The smallest absolute Gasteiger partial charge is 0.221 e. The summed E-state index contributed by atoms with van der Waals surface area (Å²) in [6.07, 6.45) is 2.33. The molecule has 1 aliphatic heterocycles. The molecule has 0 aliphatic carbocycles. The van der Waals surface area contributed by atoms with Gasteiger partial charge in [0, 0.05) is 30.3 Å². The molecule has 3 N–H and O–H groups in total. The zero-order valence-corrected chi connectivity index (χ0v) is 19.8. The fraction of sp³-hybridized carbons (Fsp3) is 0.179. The van der Waals surface area contributed by atoms with E-state index in [0.29, 0.717) is 26.1 Å². The van der Waals surface area contributed by atoms with Crippen LogP contribution in [-0.4, -0.2) is 33.1 Å². The Bertz CT molecular complexity index is 1560. The highest BCUT2D eigenvalue weighted by Gasteiger charge is 2.21. The number of aromatic amines is 1. The number of imidazole rings is 1. The van der Waals surface area contributed by atoms with Crippen LogP contribution < -0.4 is 15.4 Å². The summed E-state index contributed by atoms with van der Waals surface area (Å²) in [4.78, 5) is 18.8. The zero-order valence-electron chi connectivity index (χ0n) is 19.8. The first-order valence-corrected chi connectivity index (χ1v) is 11.8. The number of benzene rings is 3. The standard InChI is InChI=1S/C28H25FN6O/c1-17-32-24-8-4-20(14-25(24)33-17)19-5-9-26-22(13-19)16-35(10-11-36-26)27-21(15-31-28(30)34-27)12-18-2-6-23(29)7-3-18/h2-9,13-15H,10-12,16H2,1H3,(H,32,33)(H2,30,31,34). The molecule has 8 heteroatoms. The maximum Gasteiger partial charge on any atom is 0.221 e. The summed E-state index contributed by atoms with van der Waals surface area (Å²) in [6, 6.07) is 19.0. The fourth-order valence-electron chi connectivity index (χ4n) is 4.70. The summed E-state index contributed by atoms with van der Waals surface area (Å²) in [5, 5.41) is 0. The molecular weight excluding hydrogens is 455 g/mol. The van der Waals surface area contributed by atoms with Crippen LogP contribution in [0.5, 0.6) is 5.75 Å². The highest BCUT2D eigenvalue weighted by Crippen LogP contribution is 2.33. The number of halogens is 1. The second kappa shape index (κ2) is 8.96. The lowest BCUT2D eigenvalue weighted by Gasteiger charge is -2.24. The molecule has 2 aromatic heterocycles. The Kier molecular flexibility index (Phi) is 5.48. The summed E-state index contributed by atoms with van der Waals surface area (Å²) in [5.74, 6) is 2.49. The van der Waals surface area contributed by atoms with Gasteiger partial charge in [-0.3, -0.25) is 0 Å². The number of nitrogens with two attached hydrogens (primary N) is 1. The van der Waals surface area contributed by atoms with Gasteiger partial charge >= 0.3 is 0 Å². The van der Waals surface area contributed by atoms with Crippen molar-refractivity contribution in [2.24, 2.45) is 0 Å². The Labute approximate surface area is 207 Å². The summed E-state index contributed by atoms with van der Waals surface area (Å²) >= 11 is 0. The Morgan fingerprint density at radius 2 is 1.83 bits per heavy atom. The van der Waals surface area contributed by atoms with Gasteiger partial charge in [0.2, 0.25) is 5.95 Å². The van der Waals surface area contributed by atoms with E-state index >= 15 is 0 Å². The van der Waals surface area contributed by atoms with Crippen LogP contribution in [0.15, 0.2) is 66.9 Å². The molecular formula is C28H25FN6O. The van der Waals surface area contributed by atoms with Gasteiger partial charge in [0.1, 0.15) is 29.8 Å². The highest BCUT2D eigenvalue weighted by atomic mass is 19.1. The van der Waals surface area contributed by atoms with Gasteiger partial charge in [0.15, 0.2) is 0 Å². The molecule has 6 rings (SSSR count). The molecule has 0 bridgehead atoms. The third-order valence-corrected chi connectivity index (χ3v) is 6.44. The number of aryl methyl sites for hydroxylation is 1. The molecule has 7 nitrogen and oxygen atoms in total. The topological polar surface area (TPSA) is 93.0 Å². The summed E-state index contributed by atoms with van der Waals surface area (Å²) in [5.41, 5.74) is 13.1. The number of hydrogen-bond acceptors (Lipinski definition) is 6. The summed E-state index contributed by atoms with van der Waals surface area (Å²) in [7, 11) is 0. The van der Waals surface area contributed by atoms with Gasteiger partial charge in [0.25, 0.3) is 0 Å². The molecule has 0 fully saturated rings. The molecule has 0 spiro atoms. The minimum absolute atomic E-state index is 0.218. The largest absolute Gasteiger partial charge is 0.491 e. The van der Waals surface area contributed by atoms with E-state index in [1.807, 2.05) is 19.1 Å². The molecule has 180 valence electrons. The normalized spacial score (nSPS) is 13.3. The number of fused-ring (bicyclic) bond motifs is 2. The van der Waals surface area contributed by atoms with Crippen molar-refractivity contribution < 1.29 is 9.13 Å². The lowest BCUT2D eigenvalue weighted by Crippen LogP contribution is -2.28. The van der Waals surface area contributed by atoms with Crippen LogP contribution in [0.25, 0.3) is 22.2 Å². The predicted octanol–water partition coefficient (Wildman–Crippen LogP) is 5.04. The van der Waals surface area contributed by atoms with Gasteiger partial charge in [-0.25, -0.2) is 14.4 Å². The van der Waals surface area contributed by atoms with E-state index in [-0.39, 0.29) is 11.8 Å². The van der Waals surface area contributed by atoms with Crippen molar-refractivity contribution in [3.63, 3.8) is 0 Å². The highest BCUT2D eigenvalue weighted by molar-refractivity contribution is 5.82. The molecule has 0 saturated carbocycles. The van der Waals surface area contributed by atoms with Crippen molar-refractivity contribution in [3.8, 4) is 16.9 Å².